The highest BCUT2D eigenvalue weighted by Gasteiger charge is 2.09. The fraction of sp³-hybridized carbons (Fsp3) is 0.125. The summed E-state index contributed by atoms with van der Waals surface area (Å²) < 4.78 is 10.2. The van der Waals surface area contributed by atoms with Crippen LogP contribution in [0.5, 0.6) is 5.75 Å². The van der Waals surface area contributed by atoms with Crippen LogP contribution in [0.4, 0.5) is 11.5 Å². The lowest BCUT2D eigenvalue weighted by molar-refractivity contribution is 0.242. The van der Waals surface area contributed by atoms with Gasteiger partial charge < -0.3 is 24.4 Å². The molecule has 0 atom stereocenters. The maximum atomic E-state index is 9.09. The van der Waals surface area contributed by atoms with E-state index in [2.05, 4.69) is 27.1 Å². The Morgan fingerprint density at radius 3 is 2.56 bits per heavy atom. The van der Waals surface area contributed by atoms with Gasteiger partial charge in [-0.3, -0.25) is 0 Å². The third-order valence-electron chi connectivity index (χ3n) is 3.46. The molecule has 9 heteroatoms. The fourth-order valence-electron chi connectivity index (χ4n) is 2.30. The summed E-state index contributed by atoms with van der Waals surface area (Å²) in [6, 6.07) is 12.9. The number of aromatic nitrogens is 2. The van der Waals surface area contributed by atoms with E-state index in [1.165, 1.54) is 6.33 Å². The molecule has 0 aliphatic heterocycles. The quantitative estimate of drug-likeness (QED) is 0.564. The molecule has 130 valence electrons. The zero-order valence-electron chi connectivity index (χ0n) is 13.3. The maximum absolute atomic E-state index is 9.09. The Bertz CT molecular complexity index is 930. The second kappa shape index (κ2) is 7.43. The molecule has 25 heavy (non-hydrogen) atoms. The van der Waals surface area contributed by atoms with Gasteiger partial charge in [-0.25, -0.2) is 9.97 Å². The molecule has 2 aromatic carbocycles. The van der Waals surface area contributed by atoms with Crippen LogP contribution in [0.1, 0.15) is 5.56 Å². The van der Waals surface area contributed by atoms with Crippen molar-refractivity contribution in [3.05, 3.63) is 54.4 Å². The minimum atomic E-state index is -3.64. The second-order valence-electron chi connectivity index (χ2n) is 5.16. The summed E-state index contributed by atoms with van der Waals surface area (Å²) in [6.07, 6.45) is 1.48. The first-order valence-electron chi connectivity index (χ1n) is 7.30. The van der Waals surface area contributed by atoms with Gasteiger partial charge in [-0.2, -0.15) is 0 Å². The summed E-state index contributed by atoms with van der Waals surface area (Å²) >= 11 is 4.43. The first-order chi connectivity index (χ1) is 12.0. The first kappa shape index (κ1) is 17.7. The molecule has 7 nitrogen and oxygen atoms in total. The molecule has 0 unspecified atom stereocenters. The standard InChI is InChI=1S/C16H16N3O4PS/c1-22-14-4-2-3-13-15(14)17-10-18-16(13)19-12-7-5-11(6-8-12)9-23-24(20,21)25/h2-8,10H,9H2,1H3,(H,17,18,19)(H2,20,21,25). The average Bonchev–Trinajstić information content (AvgIpc) is 2.60. The summed E-state index contributed by atoms with van der Waals surface area (Å²) in [5, 5.41) is 4.08. The fourth-order valence-corrected chi connectivity index (χ4v) is 2.78. The van der Waals surface area contributed by atoms with Gasteiger partial charge in [0.2, 0.25) is 0 Å². The predicted molar refractivity (Wildman–Crippen MR) is 99.3 cm³/mol. The third kappa shape index (κ3) is 4.50. The molecule has 0 spiro atoms. The molecule has 0 aliphatic carbocycles. The molecule has 3 N–H and O–H groups in total. The van der Waals surface area contributed by atoms with Crippen LogP contribution in [0.3, 0.4) is 0 Å². The van der Waals surface area contributed by atoms with Crippen LogP contribution in [-0.2, 0) is 22.9 Å². The van der Waals surface area contributed by atoms with Gasteiger partial charge in [-0.15, -0.1) is 0 Å². The van der Waals surface area contributed by atoms with Crippen molar-refractivity contribution in [3.63, 3.8) is 0 Å². The highest BCUT2D eigenvalue weighted by atomic mass is 32.5. The zero-order chi connectivity index (χ0) is 17.9. The van der Waals surface area contributed by atoms with Gasteiger partial charge in [0.05, 0.1) is 13.7 Å². The van der Waals surface area contributed by atoms with Crippen molar-refractivity contribution in [2.24, 2.45) is 0 Å². The van der Waals surface area contributed by atoms with Crippen molar-refractivity contribution in [2.75, 3.05) is 12.4 Å². The topological polar surface area (TPSA) is 96.7 Å². The molecule has 0 saturated carbocycles. The molecule has 1 heterocycles. The summed E-state index contributed by atoms with van der Waals surface area (Å²) in [5.41, 5.74) is 2.32. The average molecular weight is 377 g/mol. The van der Waals surface area contributed by atoms with Gasteiger partial charge in [-0.05, 0) is 41.6 Å². The number of rotatable bonds is 6. The highest BCUT2D eigenvalue weighted by molar-refractivity contribution is 8.06. The number of anilines is 2. The number of nitrogens with one attached hydrogen (secondary N) is 1. The van der Waals surface area contributed by atoms with E-state index in [0.717, 1.165) is 22.2 Å². The molecule has 0 aliphatic rings. The largest absolute Gasteiger partial charge is 0.494 e. The normalized spacial score (nSPS) is 11.5. The summed E-state index contributed by atoms with van der Waals surface area (Å²) in [5.74, 6) is 1.34. The van der Waals surface area contributed by atoms with E-state index in [-0.39, 0.29) is 6.61 Å². The van der Waals surface area contributed by atoms with E-state index in [1.807, 2.05) is 30.3 Å². The van der Waals surface area contributed by atoms with Crippen molar-refractivity contribution in [1.82, 2.24) is 9.97 Å². The van der Waals surface area contributed by atoms with Gasteiger partial charge in [0.1, 0.15) is 23.4 Å². The Balaban J connectivity index is 1.81. The lowest BCUT2D eigenvalue weighted by Crippen LogP contribution is -1.98. The Morgan fingerprint density at radius 1 is 1.12 bits per heavy atom. The van der Waals surface area contributed by atoms with Gasteiger partial charge in [0.15, 0.2) is 0 Å². The monoisotopic (exact) mass is 377 g/mol. The molecular formula is C16H16N3O4PS. The summed E-state index contributed by atoms with van der Waals surface area (Å²) in [4.78, 5) is 26.7. The molecule has 3 rings (SSSR count). The Kier molecular flexibility index (Phi) is 5.27. The summed E-state index contributed by atoms with van der Waals surface area (Å²) in [6.45, 7) is -3.60. The number of fused-ring (bicyclic) bond motifs is 1. The Morgan fingerprint density at radius 2 is 1.88 bits per heavy atom. The first-order valence-corrected chi connectivity index (χ1v) is 9.92. The van der Waals surface area contributed by atoms with Gasteiger partial charge >= 0.3 is 6.72 Å². The number of nitrogens with zero attached hydrogens (tertiary/aromatic N) is 2. The van der Waals surface area contributed by atoms with E-state index in [1.54, 1.807) is 19.2 Å². The number of para-hydroxylation sites is 1. The smallest absolute Gasteiger partial charge is 0.322 e. The van der Waals surface area contributed by atoms with Crippen LogP contribution < -0.4 is 10.1 Å². The van der Waals surface area contributed by atoms with Crippen LogP contribution in [0.2, 0.25) is 0 Å². The van der Waals surface area contributed by atoms with E-state index in [0.29, 0.717) is 11.6 Å². The van der Waals surface area contributed by atoms with Gasteiger partial charge in [0, 0.05) is 11.1 Å². The van der Waals surface area contributed by atoms with E-state index in [9.17, 15) is 0 Å². The number of hydrogen-bond donors (Lipinski definition) is 3. The molecule has 0 radical (unpaired) electrons. The van der Waals surface area contributed by atoms with Crippen molar-refractivity contribution < 1.29 is 19.0 Å². The van der Waals surface area contributed by atoms with Crippen molar-refractivity contribution >= 4 is 40.9 Å². The van der Waals surface area contributed by atoms with Crippen LogP contribution >= 0.6 is 6.72 Å². The highest BCUT2D eigenvalue weighted by Crippen LogP contribution is 2.37. The molecule has 0 saturated heterocycles. The van der Waals surface area contributed by atoms with Crippen molar-refractivity contribution in [3.8, 4) is 5.75 Å². The van der Waals surface area contributed by atoms with Crippen molar-refractivity contribution in [1.29, 1.82) is 0 Å². The maximum Gasteiger partial charge on any atom is 0.322 e. The molecule has 1 aromatic heterocycles. The molecule has 3 aromatic rings. The lowest BCUT2D eigenvalue weighted by Gasteiger charge is -2.11. The van der Waals surface area contributed by atoms with E-state index < -0.39 is 6.72 Å². The molecular weight excluding hydrogens is 361 g/mol. The van der Waals surface area contributed by atoms with Crippen molar-refractivity contribution in [2.45, 2.75) is 6.61 Å². The third-order valence-corrected chi connectivity index (χ3v) is 4.25. The van der Waals surface area contributed by atoms with Crippen LogP contribution in [-0.4, -0.2) is 26.9 Å². The van der Waals surface area contributed by atoms with Crippen LogP contribution in [0.25, 0.3) is 10.9 Å². The number of hydrogen-bond acceptors (Lipinski definition) is 6. The van der Waals surface area contributed by atoms with E-state index in [4.69, 9.17) is 19.0 Å². The zero-order valence-corrected chi connectivity index (χ0v) is 15.0. The number of methoxy groups -OCH3 is 1. The predicted octanol–water partition coefficient (Wildman–Crippen LogP) is 3.11. The second-order valence-corrected chi connectivity index (χ2v) is 7.83. The molecule has 0 fully saturated rings. The summed E-state index contributed by atoms with van der Waals surface area (Å²) in [7, 11) is 1.60. The van der Waals surface area contributed by atoms with E-state index >= 15 is 0 Å². The van der Waals surface area contributed by atoms with Crippen LogP contribution in [0.15, 0.2) is 48.8 Å². The molecule has 0 bridgehead atoms. The Hall–Kier alpha value is -2.09. The minimum Gasteiger partial charge on any atom is -0.494 e. The van der Waals surface area contributed by atoms with Gasteiger partial charge in [-0.1, -0.05) is 18.2 Å². The SMILES string of the molecule is COc1cccc2c(Nc3ccc(COP(O)(O)=S)cc3)ncnc12. The number of benzene rings is 2. The molecule has 0 amide bonds. The lowest BCUT2D eigenvalue weighted by atomic mass is 10.2. The Labute approximate surface area is 149 Å². The number of ether oxygens (including phenoxy) is 1. The minimum absolute atomic E-state index is 0.0399. The van der Waals surface area contributed by atoms with Crippen LogP contribution in [0, 0.1) is 0 Å². The van der Waals surface area contributed by atoms with Gasteiger partial charge in [0.25, 0.3) is 0 Å².